The van der Waals surface area contributed by atoms with Gasteiger partial charge in [-0.05, 0) is 279 Å². The van der Waals surface area contributed by atoms with Gasteiger partial charge in [0.15, 0.2) is 0 Å². The normalized spacial score (nSPS) is 12.9. The van der Waals surface area contributed by atoms with Crippen molar-refractivity contribution < 1.29 is 0 Å². The van der Waals surface area contributed by atoms with E-state index in [0.717, 1.165) is 0 Å². The van der Waals surface area contributed by atoms with Crippen molar-refractivity contribution >= 4 is 197 Å². The Labute approximate surface area is 882 Å². The molecule has 0 aromatic heterocycles. The first-order chi connectivity index (χ1) is 74.5. The molecule has 0 radical (unpaired) electrons. The number of hydrogen-bond donors (Lipinski definition) is 0. The largest absolute Gasteiger partial charge is 0.0881 e. The fourth-order valence-corrected chi connectivity index (χ4v) is 30.0. The number of hydrogen-bond acceptors (Lipinski definition) is 3. The van der Waals surface area contributed by atoms with E-state index in [4.69, 9.17) is 0 Å². The van der Waals surface area contributed by atoms with Crippen LogP contribution in [0.4, 0.5) is 0 Å². The van der Waals surface area contributed by atoms with Crippen LogP contribution in [-0.4, -0.2) is 0 Å². The van der Waals surface area contributed by atoms with Gasteiger partial charge in [-0.1, -0.05) is 563 Å². The van der Waals surface area contributed by atoms with Crippen molar-refractivity contribution in [1.82, 2.24) is 0 Å². The molecule has 0 spiro atoms. The van der Waals surface area contributed by atoms with E-state index in [9.17, 15) is 0 Å². The third-order valence-electron chi connectivity index (χ3n) is 32.3. The Kier molecular flexibility index (Phi) is 21.1. The predicted octanol–water partition coefficient (Wildman–Crippen LogP) is 41.6. The van der Waals surface area contributed by atoms with Crippen LogP contribution in [0, 0.1) is 0 Å². The molecule has 3 aliphatic rings. The van der Waals surface area contributed by atoms with E-state index in [1.165, 1.54) is 297 Å². The van der Waals surface area contributed by atoms with Crippen LogP contribution in [-0.2, 0) is 0 Å². The minimum atomic E-state index is 0.0570. The van der Waals surface area contributed by atoms with Crippen molar-refractivity contribution in [1.29, 1.82) is 0 Å². The van der Waals surface area contributed by atoms with E-state index in [2.05, 4.69) is 540 Å². The van der Waals surface area contributed by atoms with Crippen molar-refractivity contribution in [3.05, 3.63) is 590 Å². The zero-order chi connectivity index (χ0) is 98.5. The van der Waals surface area contributed by atoms with Crippen molar-refractivity contribution in [2.75, 3.05) is 0 Å². The number of rotatable bonds is 8. The molecule has 3 heteroatoms. The lowest BCUT2D eigenvalue weighted by Gasteiger charge is -2.33. The van der Waals surface area contributed by atoms with Crippen molar-refractivity contribution in [3.63, 3.8) is 0 Å². The first-order valence-corrected chi connectivity index (χ1v) is 54.5. The molecule has 0 bridgehead atoms. The Hall–Kier alpha value is -17.7. The van der Waals surface area contributed by atoms with Gasteiger partial charge in [0.05, 0.1) is 0 Å². The Morgan fingerprint density at radius 2 is 0.307 bits per heavy atom. The fraction of sp³-hybridized carbons (Fsp3) is 0.0204. The van der Waals surface area contributed by atoms with Gasteiger partial charge in [-0.3, -0.25) is 0 Å². The van der Waals surface area contributed by atoms with Gasteiger partial charge in [0.1, 0.15) is 0 Å². The van der Waals surface area contributed by atoms with E-state index in [1.807, 2.05) is 35.3 Å². The van der Waals surface area contributed by atoms with E-state index in [1.54, 1.807) is 0 Å². The first-order valence-electron chi connectivity index (χ1n) is 52.1. The minimum absolute atomic E-state index is 0.0570. The van der Waals surface area contributed by atoms with Gasteiger partial charge < -0.3 is 0 Å². The molecule has 0 N–H and O–H groups in total. The smallest absolute Gasteiger partial charge is 0.0375 e. The Balaban J connectivity index is 0.000000104. The van der Waals surface area contributed by atoms with Crippen molar-refractivity contribution in [3.8, 4) is 55.6 Å². The number of benzene rings is 29. The quantitative estimate of drug-likeness (QED) is 0.139. The molecule has 32 rings (SSSR count). The molecule has 3 heterocycles. The standard InChI is InChI=1S/2C51H32S.C45H28S/c1-2-13-33(14-3-1)37-24-12-15-34-27-30-36(31-46(34)37)32-25-28-35(29-26-32)47-48-42-20-8-4-16-38(42)40-18-6-10-22-44(40)50(48)52-51-45-23-11-7-19-41(45)39-17-5-9-21-43(39)49(47)51;1-2-14-32(15-3-1)35-30-31-36(38-17-5-4-16-37(35)38)33-26-28-34(29-27-33)47-48-43-22-10-6-18-39(43)41-20-8-12-24-45(41)50(48)52-51-46-25-13-9-21-42(46)40-19-7-11-23-44(40)49(47)51;1-2-12-31-27-32(26-23-28(31)11-1)29-21-24-30(25-22-29)41-42-37-17-7-3-13-33(37)35-15-5-9-19-39(35)44(42)46-45-40-20-10-6-16-36(40)34-14-4-8-18-38(34)43(41)45/h2*1-31,47H;1-27,41H. The second-order valence-electron chi connectivity index (χ2n) is 40.2. The molecular formula is C147H92S3. The van der Waals surface area contributed by atoms with Crippen LogP contribution in [0.2, 0.25) is 0 Å². The van der Waals surface area contributed by atoms with Crippen molar-refractivity contribution in [2.24, 2.45) is 0 Å². The van der Waals surface area contributed by atoms with Gasteiger partial charge in [-0.25, -0.2) is 0 Å². The van der Waals surface area contributed by atoms with Crippen molar-refractivity contribution in [2.45, 2.75) is 47.1 Å². The van der Waals surface area contributed by atoms with Gasteiger partial charge in [0.2, 0.25) is 0 Å². The van der Waals surface area contributed by atoms with E-state index in [-0.39, 0.29) is 17.8 Å². The van der Waals surface area contributed by atoms with Gasteiger partial charge in [-0.2, -0.15) is 0 Å². The molecule has 698 valence electrons. The summed E-state index contributed by atoms with van der Waals surface area (Å²) in [6.07, 6.45) is 0. The monoisotopic (exact) mass is 1950 g/mol. The lowest BCUT2D eigenvalue weighted by atomic mass is 9.78. The lowest BCUT2D eigenvalue weighted by Crippen LogP contribution is -2.12. The molecule has 3 aliphatic heterocycles. The summed E-state index contributed by atoms with van der Waals surface area (Å²) >= 11 is 5.91. The Morgan fingerprint density at radius 3 is 0.600 bits per heavy atom. The van der Waals surface area contributed by atoms with E-state index >= 15 is 0 Å². The van der Waals surface area contributed by atoms with Crippen LogP contribution in [0.25, 0.3) is 217 Å². The summed E-state index contributed by atoms with van der Waals surface area (Å²) < 4.78 is 0. The molecule has 0 saturated carbocycles. The van der Waals surface area contributed by atoms with Gasteiger partial charge in [0, 0.05) is 47.1 Å². The number of fused-ring (bicyclic) bond motifs is 39. The third kappa shape index (κ3) is 14.2. The molecule has 0 aliphatic carbocycles. The highest BCUT2D eigenvalue weighted by Crippen LogP contribution is 2.63. The summed E-state index contributed by atoms with van der Waals surface area (Å²) in [4.78, 5) is 8.26. The molecule has 29 aromatic carbocycles. The molecule has 0 nitrogen and oxygen atoms in total. The molecule has 0 saturated heterocycles. The van der Waals surface area contributed by atoms with E-state index in [0.29, 0.717) is 0 Å². The molecule has 0 amide bonds. The van der Waals surface area contributed by atoms with Crippen LogP contribution in [0.15, 0.2) is 569 Å². The zero-order valence-electron chi connectivity index (χ0n) is 81.8. The van der Waals surface area contributed by atoms with Gasteiger partial charge >= 0.3 is 0 Å². The summed E-state index contributed by atoms with van der Waals surface area (Å²) in [6, 6.07) is 200. The lowest BCUT2D eigenvalue weighted by molar-refractivity contribution is 0.938. The van der Waals surface area contributed by atoms with Crippen LogP contribution < -0.4 is 0 Å². The highest BCUT2D eigenvalue weighted by Gasteiger charge is 2.39. The summed E-state index contributed by atoms with van der Waals surface area (Å²) in [7, 11) is 0. The van der Waals surface area contributed by atoms with Gasteiger partial charge in [0.25, 0.3) is 0 Å². The van der Waals surface area contributed by atoms with Crippen LogP contribution in [0.3, 0.4) is 0 Å². The Morgan fingerprint density at radius 1 is 0.107 bits per heavy atom. The summed E-state index contributed by atoms with van der Waals surface area (Å²) in [5.41, 5.74) is 24.9. The molecular weight excluding hydrogens is 1860 g/mol. The fourth-order valence-electron chi connectivity index (χ4n) is 25.6. The van der Waals surface area contributed by atoms with Crippen LogP contribution in [0.5, 0.6) is 0 Å². The predicted molar refractivity (Wildman–Crippen MR) is 643 cm³/mol. The second-order valence-corrected chi connectivity index (χ2v) is 43.3. The maximum Gasteiger partial charge on any atom is 0.0375 e. The molecule has 150 heavy (non-hydrogen) atoms. The maximum absolute atomic E-state index is 2.40. The third-order valence-corrected chi connectivity index (χ3v) is 36.2. The van der Waals surface area contributed by atoms with Crippen LogP contribution >= 0.6 is 35.3 Å². The molecule has 0 atom stereocenters. The van der Waals surface area contributed by atoms with Gasteiger partial charge in [-0.15, -0.1) is 0 Å². The summed E-state index contributed by atoms with van der Waals surface area (Å²) in [5, 5.41) is 39.5. The average Bonchev–Trinajstić information content (AvgIpc) is 0.705. The topological polar surface area (TPSA) is 0 Å². The SMILES string of the molecule is c1ccc(-c2ccc(-c3ccc(C4c5c(c6ccccc6c6ccccc56)Sc5c4c4ccccc4c4ccccc54)cc3)c3ccccc23)cc1.c1ccc(-c2cccc3ccc(-c4ccc(C5c6c(c7ccccc7c7ccccc67)Sc6c5c5ccccc5c5ccccc65)cc4)cc23)cc1.c1ccc2cc(-c3ccc(C4c5c(c6ccccc6c6ccccc56)Sc5c4c4ccccc4c4ccccc54)cc3)ccc2c1. The minimum Gasteiger partial charge on any atom is -0.0881 e. The summed E-state index contributed by atoms with van der Waals surface area (Å²) in [6.45, 7) is 0. The van der Waals surface area contributed by atoms with E-state index < -0.39 is 0 Å². The molecule has 29 aromatic rings. The average molecular weight is 1950 g/mol. The Bertz CT molecular complexity index is 10200. The highest BCUT2D eigenvalue weighted by atomic mass is 32.2. The van der Waals surface area contributed by atoms with Crippen LogP contribution in [0.1, 0.15) is 67.8 Å². The second kappa shape index (κ2) is 36.2. The zero-order valence-corrected chi connectivity index (χ0v) is 84.3. The maximum atomic E-state index is 2.40. The highest BCUT2D eigenvalue weighted by molar-refractivity contribution is 8.00. The first kappa shape index (κ1) is 87.7. The summed E-state index contributed by atoms with van der Waals surface area (Å²) in [5.74, 6) is 0.202. The molecule has 0 fully saturated rings. The molecule has 0 unspecified atom stereocenters.